The van der Waals surface area contributed by atoms with Crippen LogP contribution in [0, 0.1) is 5.92 Å². The molecule has 1 saturated heterocycles. The SMILES string of the molecule is CC(CS(=O)(=O)F)C1CCCCN1C(=O)OC(C)(C)C. The average Bonchev–Trinajstić information content (AvgIpc) is 2.24. The summed E-state index contributed by atoms with van der Waals surface area (Å²) in [6.45, 7) is 7.51. The maximum Gasteiger partial charge on any atom is 0.410 e. The van der Waals surface area contributed by atoms with Crippen LogP contribution in [-0.4, -0.2) is 43.4 Å². The molecule has 1 amide bonds. The molecular formula is C13H24FNO4S. The van der Waals surface area contributed by atoms with E-state index in [-0.39, 0.29) is 6.04 Å². The van der Waals surface area contributed by atoms with Gasteiger partial charge in [-0.25, -0.2) is 4.79 Å². The predicted molar refractivity (Wildman–Crippen MR) is 74.6 cm³/mol. The first-order valence-corrected chi connectivity index (χ1v) is 8.47. The molecule has 0 aromatic rings. The highest BCUT2D eigenvalue weighted by Crippen LogP contribution is 2.26. The van der Waals surface area contributed by atoms with Crippen LogP contribution in [0.1, 0.15) is 47.0 Å². The fourth-order valence-electron chi connectivity index (χ4n) is 2.52. The average molecular weight is 309 g/mol. The molecule has 0 saturated carbocycles. The highest BCUT2D eigenvalue weighted by molar-refractivity contribution is 7.86. The molecule has 0 aromatic heterocycles. The van der Waals surface area contributed by atoms with E-state index in [1.807, 2.05) is 0 Å². The zero-order valence-electron chi connectivity index (χ0n) is 12.6. The van der Waals surface area contributed by atoms with Crippen LogP contribution < -0.4 is 0 Å². The number of amides is 1. The second-order valence-corrected chi connectivity index (χ2v) is 7.83. The second kappa shape index (κ2) is 6.28. The summed E-state index contributed by atoms with van der Waals surface area (Å²) in [6, 6.07) is -0.288. The van der Waals surface area contributed by atoms with Gasteiger partial charge in [-0.15, -0.1) is 3.89 Å². The Kier molecular flexibility index (Phi) is 5.40. The number of carbonyl (C=O) groups is 1. The lowest BCUT2D eigenvalue weighted by molar-refractivity contribution is 0.00390. The molecule has 1 aliphatic heterocycles. The summed E-state index contributed by atoms with van der Waals surface area (Å²) in [5.74, 6) is -1.01. The fourth-order valence-corrected chi connectivity index (χ4v) is 3.37. The normalized spacial score (nSPS) is 22.4. The first kappa shape index (κ1) is 17.2. The molecule has 1 fully saturated rings. The largest absolute Gasteiger partial charge is 0.444 e. The van der Waals surface area contributed by atoms with Crippen molar-refractivity contribution >= 4 is 16.3 Å². The Hall–Kier alpha value is -0.850. The Morgan fingerprint density at radius 3 is 2.50 bits per heavy atom. The standard InChI is InChI=1S/C13H24FNO4S/c1-10(9-20(14,17)18)11-7-5-6-8-15(11)12(16)19-13(2,3)4/h10-11H,5-9H2,1-4H3. The summed E-state index contributed by atoms with van der Waals surface area (Å²) in [5.41, 5.74) is -0.603. The van der Waals surface area contributed by atoms with Crippen LogP contribution in [0.5, 0.6) is 0 Å². The van der Waals surface area contributed by atoms with Crippen LogP contribution >= 0.6 is 0 Å². The first-order valence-electron chi connectivity index (χ1n) is 6.91. The van der Waals surface area contributed by atoms with Crippen molar-refractivity contribution in [2.45, 2.75) is 58.6 Å². The lowest BCUT2D eigenvalue weighted by Gasteiger charge is -2.39. The molecule has 7 heteroatoms. The molecule has 1 rings (SSSR count). The molecule has 2 atom stereocenters. The van der Waals surface area contributed by atoms with Crippen molar-refractivity contribution < 1.29 is 21.8 Å². The Morgan fingerprint density at radius 1 is 1.40 bits per heavy atom. The van der Waals surface area contributed by atoms with Crippen molar-refractivity contribution in [2.75, 3.05) is 12.3 Å². The first-order chi connectivity index (χ1) is 8.99. The summed E-state index contributed by atoms with van der Waals surface area (Å²) in [6.07, 6.45) is 1.98. The van der Waals surface area contributed by atoms with Crippen LogP contribution in [0.3, 0.4) is 0 Å². The number of hydrogen-bond acceptors (Lipinski definition) is 4. The Morgan fingerprint density at radius 2 is 2.00 bits per heavy atom. The molecular weight excluding hydrogens is 285 g/mol. The molecule has 1 heterocycles. The monoisotopic (exact) mass is 309 g/mol. The number of piperidine rings is 1. The topological polar surface area (TPSA) is 63.7 Å². The third kappa shape index (κ3) is 5.64. The lowest BCUT2D eigenvalue weighted by Crippen LogP contribution is -2.49. The molecule has 0 radical (unpaired) electrons. The van der Waals surface area contributed by atoms with Gasteiger partial charge in [-0.1, -0.05) is 6.92 Å². The van der Waals surface area contributed by atoms with Crippen molar-refractivity contribution in [2.24, 2.45) is 5.92 Å². The number of likely N-dealkylation sites (tertiary alicyclic amines) is 1. The van der Waals surface area contributed by atoms with Gasteiger partial charge >= 0.3 is 16.3 Å². The number of ether oxygens (including phenoxy) is 1. The molecule has 0 spiro atoms. The van der Waals surface area contributed by atoms with Crippen LogP contribution in [-0.2, 0) is 15.0 Å². The quantitative estimate of drug-likeness (QED) is 0.752. The second-order valence-electron chi connectivity index (χ2n) is 6.42. The van der Waals surface area contributed by atoms with Crippen molar-refractivity contribution in [1.82, 2.24) is 4.90 Å². The van der Waals surface area contributed by atoms with E-state index in [1.54, 1.807) is 32.6 Å². The lowest BCUT2D eigenvalue weighted by atomic mass is 9.93. The van der Waals surface area contributed by atoms with Crippen molar-refractivity contribution in [3.05, 3.63) is 0 Å². The number of nitrogens with zero attached hydrogens (tertiary/aromatic N) is 1. The van der Waals surface area contributed by atoms with E-state index < -0.39 is 33.6 Å². The molecule has 0 N–H and O–H groups in total. The minimum atomic E-state index is -4.54. The van der Waals surface area contributed by atoms with Crippen LogP contribution in [0.15, 0.2) is 0 Å². The summed E-state index contributed by atoms with van der Waals surface area (Å²) >= 11 is 0. The summed E-state index contributed by atoms with van der Waals surface area (Å²) in [7, 11) is -4.54. The Balaban J connectivity index is 2.78. The van der Waals surface area contributed by atoms with Gasteiger partial charge in [-0.05, 0) is 46.0 Å². The number of halogens is 1. The van der Waals surface area contributed by atoms with E-state index in [0.717, 1.165) is 12.8 Å². The minimum absolute atomic E-state index is 0.288. The summed E-state index contributed by atoms with van der Waals surface area (Å²) in [4.78, 5) is 13.7. The molecule has 0 aromatic carbocycles. The molecule has 0 aliphatic carbocycles. The maximum atomic E-state index is 12.8. The number of hydrogen-bond donors (Lipinski definition) is 0. The van der Waals surface area contributed by atoms with Crippen molar-refractivity contribution in [3.8, 4) is 0 Å². The molecule has 0 bridgehead atoms. The molecule has 118 valence electrons. The van der Waals surface area contributed by atoms with Gasteiger partial charge in [0, 0.05) is 12.6 Å². The van der Waals surface area contributed by atoms with Crippen LogP contribution in [0.2, 0.25) is 0 Å². The van der Waals surface area contributed by atoms with Gasteiger partial charge in [-0.3, -0.25) is 0 Å². The van der Waals surface area contributed by atoms with E-state index in [9.17, 15) is 17.1 Å². The van der Waals surface area contributed by atoms with Crippen LogP contribution in [0.25, 0.3) is 0 Å². The van der Waals surface area contributed by atoms with Gasteiger partial charge in [0.05, 0.1) is 5.75 Å². The maximum absolute atomic E-state index is 12.8. The van der Waals surface area contributed by atoms with Gasteiger partial charge in [-0.2, -0.15) is 8.42 Å². The summed E-state index contributed by atoms with van der Waals surface area (Å²) < 4.78 is 39.7. The molecule has 5 nitrogen and oxygen atoms in total. The van der Waals surface area contributed by atoms with Gasteiger partial charge < -0.3 is 9.64 Å². The van der Waals surface area contributed by atoms with E-state index in [4.69, 9.17) is 4.74 Å². The molecule has 1 aliphatic rings. The van der Waals surface area contributed by atoms with Gasteiger partial charge in [0.15, 0.2) is 0 Å². The third-order valence-electron chi connectivity index (χ3n) is 3.30. The van der Waals surface area contributed by atoms with Crippen molar-refractivity contribution in [1.29, 1.82) is 0 Å². The van der Waals surface area contributed by atoms with E-state index in [2.05, 4.69) is 0 Å². The minimum Gasteiger partial charge on any atom is -0.444 e. The van der Waals surface area contributed by atoms with Gasteiger partial charge in [0.25, 0.3) is 0 Å². The van der Waals surface area contributed by atoms with Crippen molar-refractivity contribution in [3.63, 3.8) is 0 Å². The molecule has 20 heavy (non-hydrogen) atoms. The predicted octanol–water partition coefficient (Wildman–Crippen LogP) is 2.71. The zero-order valence-corrected chi connectivity index (χ0v) is 13.4. The van der Waals surface area contributed by atoms with Gasteiger partial charge in [0.1, 0.15) is 5.60 Å². The number of rotatable bonds is 3. The zero-order chi connectivity index (χ0) is 15.6. The van der Waals surface area contributed by atoms with Crippen LogP contribution in [0.4, 0.5) is 8.68 Å². The summed E-state index contributed by atoms with van der Waals surface area (Å²) in [5, 5.41) is 0. The Bertz CT molecular complexity index is 444. The highest BCUT2D eigenvalue weighted by Gasteiger charge is 2.35. The highest BCUT2D eigenvalue weighted by atomic mass is 32.3. The number of carbonyl (C=O) groups excluding carboxylic acids is 1. The fraction of sp³-hybridized carbons (Fsp3) is 0.923. The van der Waals surface area contributed by atoms with E-state index >= 15 is 0 Å². The molecule has 2 unspecified atom stereocenters. The smallest absolute Gasteiger partial charge is 0.410 e. The van der Waals surface area contributed by atoms with E-state index in [1.165, 1.54) is 0 Å². The Labute approximate surface area is 120 Å². The van der Waals surface area contributed by atoms with Gasteiger partial charge in [0.2, 0.25) is 0 Å². The third-order valence-corrected chi connectivity index (χ3v) is 4.22. The van der Waals surface area contributed by atoms with E-state index in [0.29, 0.717) is 13.0 Å².